The number of ether oxygens (including phenoxy) is 2. The number of anilines is 2. The Bertz CT molecular complexity index is 1330. The Morgan fingerprint density at radius 1 is 1.00 bits per heavy atom. The number of nitro benzene ring substituents is 1. The predicted molar refractivity (Wildman–Crippen MR) is 139 cm³/mol. The fraction of sp³-hybridized carbons (Fsp3) is 0.208. The molecule has 11 nitrogen and oxygen atoms in total. The first-order valence-electron chi connectivity index (χ1n) is 11.2. The smallest absolute Gasteiger partial charge is 0.295 e. The molecule has 0 atom stereocenters. The van der Waals surface area contributed by atoms with E-state index < -0.39 is 26.5 Å². The number of carbonyl (C=O) groups excluding carboxylic acids is 1. The average molecular weight is 549 g/mol. The van der Waals surface area contributed by atoms with E-state index in [9.17, 15) is 23.3 Å². The van der Waals surface area contributed by atoms with E-state index in [-0.39, 0.29) is 29.3 Å². The molecule has 0 aliphatic heterocycles. The van der Waals surface area contributed by atoms with Gasteiger partial charge in [-0.3, -0.25) is 30.5 Å². The van der Waals surface area contributed by atoms with Crippen LogP contribution in [0.5, 0.6) is 11.5 Å². The molecule has 196 valence electrons. The number of hydrazine groups is 1. The lowest BCUT2D eigenvalue weighted by Gasteiger charge is -2.12. The second-order valence-corrected chi connectivity index (χ2v) is 9.70. The standard InChI is InChI=1S/C24H25ClN4O7S/c1-2-35-19-9-11-20(12-10-19)36-15-3-4-24(30)27-26-22-14-13-21(16-23(22)29(31)32)37(33,34)28-18-7-5-17(25)6-8-18/h5-14,16,26,28H,2-4,15H2,1H3,(H,27,30). The van der Waals surface area contributed by atoms with Gasteiger partial charge in [0.15, 0.2) is 0 Å². The number of nitro groups is 1. The van der Waals surface area contributed by atoms with E-state index in [2.05, 4.69) is 15.6 Å². The largest absolute Gasteiger partial charge is 0.494 e. The molecule has 37 heavy (non-hydrogen) atoms. The molecule has 0 fully saturated rings. The Morgan fingerprint density at radius 2 is 1.65 bits per heavy atom. The van der Waals surface area contributed by atoms with Gasteiger partial charge in [0.2, 0.25) is 5.91 Å². The quantitative estimate of drug-likeness (QED) is 0.157. The van der Waals surface area contributed by atoms with Crippen molar-refractivity contribution in [2.24, 2.45) is 0 Å². The number of nitrogens with one attached hydrogen (secondary N) is 3. The Labute approximate surface area is 218 Å². The normalized spacial score (nSPS) is 10.9. The van der Waals surface area contributed by atoms with Crippen LogP contribution in [0.25, 0.3) is 0 Å². The molecule has 0 aliphatic carbocycles. The molecule has 1 amide bonds. The first-order valence-corrected chi connectivity index (χ1v) is 13.0. The van der Waals surface area contributed by atoms with E-state index in [0.29, 0.717) is 23.8 Å². The van der Waals surface area contributed by atoms with E-state index in [1.807, 2.05) is 6.92 Å². The molecular weight excluding hydrogens is 524 g/mol. The predicted octanol–water partition coefficient (Wildman–Crippen LogP) is 4.75. The molecule has 0 aromatic heterocycles. The number of rotatable bonds is 13. The lowest BCUT2D eigenvalue weighted by molar-refractivity contribution is -0.384. The van der Waals surface area contributed by atoms with Crippen molar-refractivity contribution in [3.8, 4) is 11.5 Å². The topological polar surface area (TPSA) is 149 Å². The maximum absolute atomic E-state index is 12.7. The third-order valence-corrected chi connectivity index (χ3v) is 6.49. The number of benzene rings is 3. The summed E-state index contributed by atoms with van der Waals surface area (Å²) in [4.78, 5) is 22.6. The molecule has 3 aromatic carbocycles. The van der Waals surface area contributed by atoms with Gasteiger partial charge in [-0.1, -0.05) is 11.6 Å². The first kappa shape index (κ1) is 27.6. The molecule has 0 saturated heterocycles. The van der Waals surface area contributed by atoms with Crippen LogP contribution < -0.4 is 25.0 Å². The van der Waals surface area contributed by atoms with Crippen LogP contribution in [0.1, 0.15) is 19.8 Å². The summed E-state index contributed by atoms with van der Waals surface area (Å²) >= 11 is 5.80. The monoisotopic (exact) mass is 548 g/mol. The highest BCUT2D eigenvalue weighted by Gasteiger charge is 2.22. The molecule has 0 heterocycles. The second kappa shape index (κ2) is 12.8. The summed E-state index contributed by atoms with van der Waals surface area (Å²) < 4.78 is 38.6. The molecule has 0 aliphatic rings. The Hall–Kier alpha value is -4.03. The van der Waals surface area contributed by atoms with Gasteiger partial charge in [0.05, 0.1) is 23.0 Å². The summed E-state index contributed by atoms with van der Waals surface area (Å²) in [5.74, 6) is 0.946. The average Bonchev–Trinajstić information content (AvgIpc) is 2.87. The SMILES string of the molecule is CCOc1ccc(OCCCC(=O)NNc2ccc(S(=O)(=O)Nc3ccc(Cl)cc3)cc2[N+](=O)[O-])cc1. The van der Waals surface area contributed by atoms with Crippen molar-refractivity contribution in [2.75, 3.05) is 23.4 Å². The molecular formula is C24H25ClN4O7S. The minimum absolute atomic E-state index is 0.0746. The minimum Gasteiger partial charge on any atom is -0.494 e. The van der Waals surface area contributed by atoms with Crippen LogP contribution >= 0.6 is 11.6 Å². The zero-order valence-electron chi connectivity index (χ0n) is 19.8. The summed E-state index contributed by atoms with van der Waals surface area (Å²) in [6.07, 6.45) is 0.492. The van der Waals surface area contributed by atoms with Gasteiger partial charge in [0.25, 0.3) is 15.7 Å². The molecule has 0 spiro atoms. The van der Waals surface area contributed by atoms with Crippen LogP contribution in [0, 0.1) is 10.1 Å². The fourth-order valence-electron chi connectivity index (χ4n) is 3.09. The highest BCUT2D eigenvalue weighted by atomic mass is 35.5. The van der Waals surface area contributed by atoms with Crippen LogP contribution in [0.15, 0.2) is 71.6 Å². The van der Waals surface area contributed by atoms with Crippen LogP contribution in [0.2, 0.25) is 5.02 Å². The summed E-state index contributed by atoms with van der Waals surface area (Å²) in [6, 6.07) is 16.3. The van der Waals surface area contributed by atoms with E-state index in [1.54, 1.807) is 24.3 Å². The van der Waals surface area contributed by atoms with Crippen molar-refractivity contribution in [3.63, 3.8) is 0 Å². The number of sulfonamides is 1. The number of hydrogen-bond acceptors (Lipinski definition) is 8. The van der Waals surface area contributed by atoms with Crippen LogP contribution in [-0.4, -0.2) is 32.5 Å². The van der Waals surface area contributed by atoms with E-state index in [4.69, 9.17) is 21.1 Å². The van der Waals surface area contributed by atoms with Crippen molar-refractivity contribution >= 4 is 44.6 Å². The highest BCUT2D eigenvalue weighted by Crippen LogP contribution is 2.28. The molecule has 3 N–H and O–H groups in total. The zero-order chi connectivity index (χ0) is 26.8. The summed E-state index contributed by atoms with van der Waals surface area (Å²) in [6.45, 7) is 2.75. The summed E-state index contributed by atoms with van der Waals surface area (Å²) in [5.41, 5.74) is 4.49. The minimum atomic E-state index is -4.11. The van der Waals surface area contributed by atoms with Crippen molar-refractivity contribution in [1.82, 2.24) is 5.43 Å². The second-order valence-electron chi connectivity index (χ2n) is 7.58. The van der Waals surface area contributed by atoms with E-state index >= 15 is 0 Å². The molecule has 0 saturated carbocycles. The van der Waals surface area contributed by atoms with Gasteiger partial charge >= 0.3 is 0 Å². The highest BCUT2D eigenvalue weighted by molar-refractivity contribution is 7.92. The molecule has 3 rings (SSSR count). The van der Waals surface area contributed by atoms with Gasteiger partial charge in [-0.05, 0) is 74.0 Å². The number of halogens is 1. The summed E-state index contributed by atoms with van der Waals surface area (Å²) in [7, 11) is -4.11. The first-order chi connectivity index (χ1) is 17.7. The number of hydrogen-bond donors (Lipinski definition) is 3. The van der Waals surface area contributed by atoms with Crippen LogP contribution in [0.3, 0.4) is 0 Å². The third-order valence-electron chi connectivity index (χ3n) is 4.86. The van der Waals surface area contributed by atoms with Crippen LogP contribution in [0.4, 0.5) is 17.1 Å². The van der Waals surface area contributed by atoms with Crippen molar-refractivity contribution in [1.29, 1.82) is 0 Å². The Morgan fingerprint density at radius 3 is 2.27 bits per heavy atom. The van der Waals surface area contributed by atoms with Gasteiger partial charge in [0.1, 0.15) is 17.2 Å². The lowest BCUT2D eigenvalue weighted by Crippen LogP contribution is -2.29. The van der Waals surface area contributed by atoms with E-state index in [0.717, 1.165) is 11.8 Å². The van der Waals surface area contributed by atoms with Crippen molar-refractivity contribution in [2.45, 2.75) is 24.7 Å². The molecule has 0 radical (unpaired) electrons. The van der Waals surface area contributed by atoms with Gasteiger partial charge in [-0.25, -0.2) is 8.42 Å². The lowest BCUT2D eigenvalue weighted by atomic mass is 10.3. The van der Waals surface area contributed by atoms with E-state index in [1.165, 1.54) is 36.4 Å². The number of amides is 1. The Balaban J connectivity index is 1.53. The maximum Gasteiger partial charge on any atom is 0.295 e. The summed E-state index contributed by atoms with van der Waals surface area (Å²) in [5, 5.41) is 12.0. The van der Waals surface area contributed by atoms with Crippen molar-refractivity contribution in [3.05, 3.63) is 81.9 Å². The third kappa shape index (κ3) is 8.26. The van der Waals surface area contributed by atoms with Gasteiger partial charge in [-0.2, -0.15) is 0 Å². The maximum atomic E-state index is 12.7. The molecule has 3 aromatic rings. The van der Waals surface area contributed by atoms with Gasteiger partial charge < -0.3 is 9.47 Å². The molecule has 13 heteroatoms. The van der Waals surface area contributed by atoms with Gasteiger partial charge in [-0.15, -0.1) is 0 Å². The van der Waals surface area contributed by atoms with Crippen molar-refractivity contribution < 1.29 is 27.6 Å². The number of nitrogens with zero attached hydrogens (tertiary/aromatic N) is 1. The van der Waals surface area contributed by atoms with Crippen LogP contribution in [-0.2, 0) is 14.8 Å². The fourth-order valence-corrected chi connectivity index (χ4v) is 4.29. The van der Waals surface area contributed by atoms with Gasteiger partial charge in [0, 0.05) is 23.2 Å². The zero-order valence-corrected chi connectivity index (χ0v) is 21.3. The number of carbonyl (C=O) groups is 1. The molecule has 0 bridgehead atoms. The Kier molecular flexibility index (Phi) is 9.52. The molecule has 0 unspecified atom stereocenters.